The lowest BCUT2D eigenvalue weighted by Crippen LogP contribution is -2.47. The predicted octanol–water partition coefficient (Wildman–Crippen LogP) is 1.24. The number of hydrogen-bond donors (Lipinski definition) is 0. The molecule has 12 heteroatoms. The van der Waals surface area contributed by atoms with Crippen LogP contribution in [0.5, 0.6) is 23.0 Å². The summed E-state index contributed by atoms with van der Waals surface area (Å²) in [6, 6.07) is 8.37. The van der Waals surface area contributed by atoms with Crippen molar-refractivity contribution in [3.8, 4) is 23.0 Å². The zero-order valence-corrected chi connectivity index (χ0v) is 17.9. The van der Waals surface area contributed by atoms with E-state index in [4.69, 9.17) is 28.4 Å². The van der Waals surface area contributed by atoms with Crippen LogP contribution in [0.3, 0.4) is 0 Å². The van der Waals surface area contributed by atoms with Gasteiger partial charge in [-0.25, -0.2) is 19.2 Å². The van der Waals surface area contributed by atoms with Crippen molar-refractivity contribution >= 4 is 23.9 Å². The van der Waals surface area contributed by atoms with E-state index in [1.54, 1.807) is 0 Å². The van der Waals surface area contributed by atoms with E-state index >= 15 is 0 Å². The van der Waals surface area contributed by atoms with Crippen molar-refractivity contribution in [1.82, 2.24) is 0 Å². The molecule has 0 fully saturated rings. The molecule has 0 aliphatic carbocycles. The van der Waals surface area contributed by atoms with Crippen LogP contribution in [0.15, 0.2) is 36.4 Å². The fourth-order valence-corrected chi connectivity index (χ4v) is 3.11. The van der Waals surface area contributed by atoms with Crippen LogP contribution in [0.2, 0.25) is 0 Å². The molecule has 0 unspecified atom stereocenters. The highest BCUT2D eigenvalue weighted by Crippen LogP contribution is 2.34. The van der Waals surface area contributed by atoms with Crippen molar-refractivity contribution in [2.45, 2.75) is 12.2 Å². The summed E-state index contributed by atoms with van der Waals surface area (Å²) in [7, 11) is 2.02. The smallest absolute Gasteiger partial charge is 0.351 e. The van der Waals surface area contributed by atoms with Crippen molar-refractivity contribution < 1.29 is 57.1 Å². The lowest BCUT2D eigenvalue weighted by atomic mass is 10.1. The number of benzene rings is 2. The molecule has 178 valence electrons. The van der Waals surface area contributed by atoms with Crippen LogP contribution in [-0.2, 0) is 28.5 Å². The van der Waals surface area contributed by atoms with Crippen LogP contribution in [0.25, 0.3) is 0 Å². The number of esters is 4. The summed E-state index contributed by atoms with van der Waals surface area (Å²) in [6.07, 6.45) is -3.93. The van der Waals surface area contributed by atoms with Gasteiger partial charge in [0, 0.05) is 0 Å². The van der Waals surface area contributed by atoms with Gasteiger partial charge in [-0.1, -0.05) is 0 Å². The number of methoxy groups -OCH3 is 2. The van der Waals surface area contributed by atoms with Gasteiger partial charge in [0.15, 0.2) is 23.0 Å². The summed E-state index contributed by atoms with van der Waals surface area (Å²) < 4.78 is 40.5. The van der Waals surface area contributed by atoms with Gasteiger partial charge in [-0.2, -0.15) is 0 Å². The Labute approximate surface area is 192 Å². The molecule has 4 rings (SSSR count). The molecule has 34 heavy (non-hydrogen) atoms. The maximum absolute atomic E-state index is 12.7. The molecule has 2 atom stereocenters. The molecule has 0 radical (unpaired) electrons. The van der Waals surface area contributed by atoms with E-state index in [0.29, 0.717) is 23.0 Å². The van der Waals surface area contributed by atoms with E-state index in [0.717, 1.165) is 14.2 Å². The fraction of sp³-hybridized carbons (Fsp3) is 0.273. The van der Waals surface area contributed by atoms with E-state index < -0.39 is 36.1 Å². The van der Waals surface area contributed by atoms with Gasteiger partial charge in [0.25, 0.3) is 0 Å². The van der Waals surface area contributed by atoms with E-state index in [1.807, 2.05) is 0 Å². The van der Waals surface area contributed by atoms with Crippen LogP contribution in [0.4, 0.5) is 0 Å². The van der Waals surface area contributed by atoms with Crippen molar-refractivity contribution in [3.05, 3.63) is 47.5 Å². The van der Waals surface area contributed by atoms with E-state index in [2.05, 4.69) is 9.47 Å². The van der Waals surface area contributed by atoms with Crippen molar-refractivity contribution in [1.29, 1.82) is 0 Å². The van der Waals surface area contributed by atoms with Gasteiger partial charge in [0.1, 0.15) is 0 Å². The minimum absolute atomic E-state index is 0.0103. The number of carbonyl (C=O) groups is 4. The second-order valence-corrected chi connectivity index (χ2v) is 6.83. The fourth-order valence-electron chi connectivity index (χ4n) is 3.11. The summed E-state index contributed by atoms with van der Waals surface area (Å²) in [4.78, 5) is 50.3. The molecule has 0 amide bonds. The van der Waals surface area contributed by atoms with Gasteiger partial charge in [-0.3, -0.25) is 0 Å². The SMILES string of the molecule is COC(=O)[C@@H](OC(=O)c1ccc2c(c1)OCO2)[C@H](OC(=O)c1ccc2c(c1)OCO2)C(=O)OC. The highest BCUT2D eigenvalue weighted by Gasteiger charge is 2.42. The normalized spacial score (nSPS) is 14.5. The number of carbonyl (C=O) groups excluding carboxylic acids is 4. The Morgan fingerprint density at radius 3 is 1.41 bits per heavy atom. The quantitative estimate of drug-likeness (QED) is 0.421. The van der Waals surface area contributed by atoms with Crippen LogP contribution in [-0.4, -0.2) is 63.9 Å². The van der Waals surface area contributed by atoms with Gasteiger partial charge in [0.05, 0.1) is 25.3 Å². The van der Waals surface area contributed by atoms with Crippen molar-refractivity contribution in [2.75, 3.05) is 27.8 Å². The largest absolute Gasteiger partial charge is 0.466 e. The highest BCUT2D eigenvalue weighted by atomic mass is 16.7. The Kier molecular flexibility index (Phi) is 6.39. The first-order valence-corrected chi connectivity index (χ1v) is 9.78. The van der Waals surface area contributed by atoms with Crippen molar-refractivity contribution in [2.24, 2.45) is 0 Å². The lowest BCUT2D eigenvalue weighted by molar-refractivity contribution is -0.170. The Balaban J connectivity index is 1.56. The second kappa shape index (κ2) is 9.57. The number of rotatable bonds is 7. The summed E-state index contributed by atoms with van der Waals surface area (Å²) >= 11 is 0. The molecular formula is C22H18O12. The Bertz CT molecular complexity index is 1050. The minimum Gasteiger partial charge on any atom is -0.466 e. The maximum Gasteiger partial charge on any atom is 0.351 e. The number of ether oxygens (including phenoxy) is 8. The molecule has 12 nitrogen and oxygen atoms in total. The van der Waals surface area contributed by atoms with E-state index in [1.165, 1.54) is 36.4 Å². The van der Waals surface area contributed by atoms with Gasteiger partial charge in [-0.15, -0.1) is 0 Å². The average Bonchev–Trinajstić information content (AvgIpc) is 3.53. The highest BCUT2D eigenvalue weighted by molar-refractivity contribution is 5.96. The minimum atomic E-state index is -1.96. The predicted molar refractivity (Wildman–Crippen MR) is 108 cm³/mol. The van der Waals surface area contributed by atoms with Crippen LogP contribution in [0, 0.1) is 0 Å². The first kappa shape index (κ1) is 22.7. The molecule has 0 saturated carbocycles. The van der Waals surface area contributed by atoms with Crippen LogP contribution in [0.1, 0.15) is 20.7 Å². The summed E-state index contributed by atoms with van der Waals surface area (Å²) in [5.74, 6) is -2.89. The summed E-state index contributed by atoms with van der Waals surface area (Å²) in [5, 5.41) is 0. The third-order valence-corrected chi connectivity index (χ3v) is 4.83. The number of fused-ring (bicyclic) bond motifs is 2. The molecule has 2 aromatic carbocycles. The van der Waals surface area contributed by atoms with Crippen LogP contribution >= 0.6 is 0 Å². The van der Waals surface area contributed by atoms with Gasteiger partial charge < -0.3 is 37.9 Å². The zero-order chi connectivity index (χ0) is 24.2. The Morgan fingerprint density at radius 2 is 1.03 bits per heavy atom. The first-order chi connectivity index (χ1) is 16.4. The number of hydrogen-bond acceptors (Lipinski definition) is 12. The molecule has 2 aliphatic heterocycles. The van der Waals surface area contributed by atoms with E-state index in [-0.39, 0.29) is 24.7 Å². The van der Waals surface area contributed by atoms with Gasteiger partial charge in [0.2, 0.25) is 25.8 Å². The average molecular weight is 474 g/mol. The maximum atomic E-state index is 12.7. The van der Waals surface area contributed by atoms with Gasteiger partial charge in [-0.05, 0) is 36.4 Å². The monoisotopic (exact) mass is 474 g/mol. The molecule has 2 aromatic rings. The van der Waals surface area contributed by atoms with Crippen LogP contribution < -0.4 is 18.9 Å². The molecular weight excluding hydrogens is 456 g/mol. The summed E-state index contributed by atoms with van der Waals surface area (Å²) in [6.45, 7) is -0.0301. The van der Waals surface area contributed by atoms with Gasteiger partial charge >= 0.3 is 23.9 Å². The standard InChI is InChI=1S/C22H18O12/c1-27-21(25)17(33-19(23)11-3-5-13-15(7-11)31-9-29-13)18(22(26)28-2)34-20(24)12-4-6-14-16(8-12)32-10-30-14/h3-8,17-18H,9-10H2,1-2H3/t17-,18-/m0/s1. The first-order valence-electron chi connectivity index (χ1n) is 9.78. The molecule has 2 aliphatic rings. The third kappa shape index (κ3) is 4.51. The second-order valence-electron chi connectivity index (χ2n) is 6.83. The Hall–Kier alpha value is -4.48. The zero-order valence-electron chi connectivity index (χ0n) is 17.9. The lowest BCUT2D eigenvalue weighted by Gasteiger charge is -2.23. The molecule has 0 bridgehead atoms. The Morgan fingerprint density at radius 1 is 0.647 bits per heavy atom. The summed E-state index contributed by atoms with van der Waals surface area (Å²) in [5.41, 5.74) is -0.0206. The molecule has 0 aromatic heterocycles. The van der Waals surface area contributed by atoms with E-state index in [9.17, 15) is 19.2 Å². The molecule has 0 spiro atoms. The topological polar surface area (TPSA) is 142 Å². The van der Waals surface area contributed by atoms with Crippen molar-refractivity contribution in [3.63, 3.8) is 0 Å². The third-order valence-electron chi connectivity index (χ3n) is 4.83. The molecule has 2 heterocycles. The molecule has 0 saturated heterocycles. The molecule has 0 N–H and O–H groups in total.